The molecule has 0 spiro atoms. The number of hydrogen-bond donors (Lipinski definition) is 1. The second-order valence-corrected chi connectivity index (χ2v) is 15.2. The number of benzene rings is 2. The Kier molecular flexibility index (Phi) is 7.97. The van der Waals surface area contributed by atoms with E-state index in [0.717, 1.165) is 43.5 Å². The monoisotopic (exact) mass is 479 g/mol. The average Bonchev–Trinajstić information content (AvgIpc) is 2.74. The molecule has 1 N–H and O–H groups in total. The standard InChI is InChI=1S/C26H36F3NO2Si/c1-25(2,3)33(4,5)32-23-16-13-21(30-18-23)17-24(19-9-7-6-8-10-19)31-22-14-11-20(12-15-22)26(27,28)29/h6-12,14-15,21,23-24,30H,13,16-18H2,1-5H3. The maximum absolute atomic E-state index is 12.9. The molecule has 1 aliphatic rings. The van der Waals surface area contributed by atoms with Gasteiger partial charge in [-0.05, 0) is 60.8 Å². The highest BCUT2D eigenvalue weighted by Gasteiger charge is 2.40. The topological polar surface area (TPSA) is 30.5 Å². The first-order chi connectivity index (χ1) is 15.3. The van der Waals surface area contributed by atoms with E-state index in [2.05, 4.69) is 39.2 Å². The van der Waals surface area contributed by atoms with Gasteiger partial charge in [0.25, 0.3) is 0 Å². The van der Waals surface area contributed by atoms with Gasteiger partial charge in [0.05, 0.1) is 11.7 Å². The fourth-order valence-electron chi connectivity index (χ4n) is 3.85. The van der Waals surface area contributed by atoms with Crippen molar-refractivity contribution >= 4 is 8.32 Å². The fraction of sp³-hybridized carbons (Fsp3) is 0.538. The Hall–Kier alpha value is -1.83. The molecule has 2 aromatic rings. The van der Waals surface area contributed by atoms with Gasteiger partial charge >= 0.3 is 6.18 Å². The second-order valence-electron chi connectivity index (χ2n) is 10.5. The van der Waals surface area contributed by atoms with Gasteiger partial charge in [0, 0.05) is 19.0 Å². The Morgan fingerprint density at radius 1 is 0.970 bits per heavy atom. The number of nitrogens with one attached hydrogen (secondary N) is 1. The largest absolute Gasteiger partial charge is 0.486 e. The van der Waals surface area contributed by atoms with Crippen LogP contribution in [0.3, 0.4) is 0 Å². The lowest BCUT2D eigenvalue weighted by Crippen LogP contribution is -2.50. The summed E-state index contributed by atoms with van der Waals surface area (Å²) in [6.07, 6.45) is -1.69. The van der Waals surface area contributed by atoms with E-state index in [9.17, 15) is 13.2 Å². The highest BCUT2D eigenvalue weighted by atomic mass is 28.4. The molecule has 2 aromatic carbocycles. The molecule has 182 valence electrons. The third-order valence-electron chi connectivity index (χ3n) is 6.87. The van der Waals surface area contributed by atoms with E-state index in [1.165, 1.54) is 12.1 Å². The number of piperidine rings is 1. The molecular weight excluding hydrogens is 443 g/mol. The third kappa shape index (κ3) is 7.07. The molecule has 0 saturated carbocycles. The molecule has 0 bridgehead atoms. The van der Waals surface area contributed by atoms with Crippen LogP contribution in [0.15, 0.2) is 54.6 Å². The first kappa shape index (κ1) is 25.8. The lowest BCUT2D eigenvalue weighted by Gasteiger charge is -2.41. The maximum atomic E-state index is 12.9. The van der Waals surface area contributed by atoms with E-state index in [4.69, 9.17) is 9.16 Å². The molecule has 3 atom stereocenters. The van der Waals surface area contributed by atoms with Crippen molar-refractivity contribution in [2.24, 2.45) is 0 Å². The molecule has 3 nitrogen and oxygen atoms in total. The fourth-order valence-corrected chi connectivity index (χ4v) is 5.24. The number of rotatable bonds is 7. The van der Waals surface area contributed by atoms with Crippen molar-refractivity contribution in [1.29, 1.82) is 0 Å². The molecular formula is C26H36F3NO2Si. The van der Waals surface area contributed by atoms with Gasteiger partial charge in [0.15, 0.2) is 8.32 Å². The van der Waals surface area contributed by atoms with Crippen molar-refractivity contribution in [3.8, 4) is 5.75 Å². The molecule has 1 saturated heterocycles. The van der Waals surface area contributed by atoms with E-state index in [0.29, 0.717) is 5.75 Å². The SMILES string of the molecule is CC(C)(C)[Si](C)(C)OC1CCC(CC(Oc2ccc(C(F)(F)F)cc2)c2ccccc2)NC1. The Morgan fingerprint density at radius 2 is 1.61 bits per heavy atom. The first-order valence-corrected chi connectivity index (χ1v) is 14.6. The van der Waals surface area contributed by atoms with Gasteiger partial charge in [-0.1, -0.05) is 51.1 Å². The van der Waals surface area contributed by atoms with Gasteiger partial charge in [-0.2, -0.15) is 13.2 Å². The molecule has 1 fully saturated rings. The molecule has 33 heavy (non-hydrogen) atoms. The normalized spacial score (nSPS) is 21.0. The van der Waals surface area contributed by atoms with Crippen molar-refractivity contribution < 1.29 is 22.3 Å². The van der Waals surface area contributed by atoms with Crippen LogP contribution in [0, 0.1) is 0 Å². The summed E-state index contributed by atoms with van der Waals surface area (Å²) in [6, 6.07) is 15.0. The average molecular weight is 480 g/mol. The van der Waals surface area contributed by atoms with E-state index in [-0.39, 0.29) is 23.3 Å². The zero-order chi connectivity index (χ0) is 24.3. The van der Waals surface area contributed by atoms with Crippen LogP contribution >= 0.6 is 0 Å². The molecule has 0 aromatic heterocycles. The predicted molar refractivity (Wildman–Crippen MR) is 129 cm³/mol. The minimum Gasteiger partial charge on any atom is -0.486 e. The zero-order valence-corrected chi connectivity index (χ0v) is 21.2. The molecule has 0 aliphatic carbocycles. The molecule has 7 heteroatoms. The summed E-state index contributed by atoms with van der Waals surface area (Å²) in [4.78, 5) is 0. The zero-order valence-electron chi connectivity index (χ0n) is 20.2. The highest BCUT2D eigenvalue weighted by molar-refractivity contribution is 6.74. The van der Waals surface area contributed by atoms with Crippen LogP contribution in [0.4, 0.5) is 13.2 Å². The van der Waals surface area contributed by atoms with Crippen molar-refractivity contribution in [1.82, 2.24) is 5.32 Å². The van der Waals surface area contributed by atoms with Crippen LogP contribution < -0.4 is 10.1 Å². The lowest BCUT2D eigenvalue weighted by molar-refractivity contribution is -0.137. The van der Waals surface area contributed by atoms with Crippen LogP contribution in [0.25, 0.3) is 0 Å². The van der Waals surface area contributed by atoms with Gasteiger partial charge in [0.2, 0.25) is 0 Å². The number of ether oxygens (including phenoxy) is 1. The van der Waals surface area contributed by atoms with Gasteiger partial charge < -0.3 is 14.5 Å². The number of hydrogen-bond acceptors (Lipinski definition) is 3. The molecule has 1 heterocycles. The maximum Gasteiger partial charge on any atom is 0.416 e. The second kappa shape index (κ2) is 10.2. The minimum absolute atomic E-state index is 0.178. The smallest absolute Gasteiger partial charge is 0.416 e. The van der Waals surface area contributed by atoms with Crippen molar-refractivity contribution in [3.63, 3.8) is 0 Å². The summed E-state index contributed by atoms with van der Waals surface area (Å²) in [5, 5.41) is 3.81. The lowest BCUT2D eigenvalue weighted by atomic mass is 9.94. The quantitative estimate of drug-likeness (QED) is 0.421. The van der Waals surface area contributed by atoms with Crippen LogP contribution in [0.2, 0.25) is 18.1 Å². The molecule has 3 unspecified atom stereocenters. The van der Waals surface area contributed by atoms with Crippen LogP contribution in [0.1, 0.15) is 57.3 Å². The first-order valence-electron chi connectivity index (χ1n) is 11.7. The van der Waals surface area contributed by atoms with Gasteiger partial charge in [-0.3, -0.25) is 0 Å². The Morgan fingerprint density at radius 3 is 2.12 bits per heavy atom. The summed E-state index contributed by atoms with van der Waals surface area (Å²) >= 11 is 0. The summed E-state index contributed by atoms with van der Waals surface area (Å²) in [5.41, 5.74) is 0.340. The van der Waals surface area contributed by atoms with E-state index in [1.807, 2.05) is 30.3 Å². The van der Waals surface area contributed by atoms with Gasteiger partial charge in [-0.15, -0.1) is 0 Å². The summed E-state index contributed by atoms with van der Waals surface area (Å²) < 4.78 is 51.5. The Labute approximate surface area is 196 Å². The highest BCUT2D eigenvalue weighted by Crippen LogP contribution is 2.38. The number of halogens is 3. The van der Waals surface area contributed by atoms with Crippen LogP contribution in [-0.2, 0) is 10.6 Å². The molecule has 3 rings (SSSR count). The van der Waals surface area contributed by atoms with E-state index >= 15 is 0 Å². The summed E-state index contributed by atoms with van der Waals surface area (Å²) in [6.45, 7) is 12.1. The predicted octanol–water partition coefficient (Wildman–Crippen LogP) is 7.36. The number of alkyl halides is 3. The van der Waals surface area contributed by atoms with Crippen molar-refractivity contribution in [3.05, 3.63) is 65.7 Å². The molecule has 0 radical (unpaired) electrons. The van der Waals surface area contributed by atoms with Gasteiger partial charge in [-0.25, -0.2) is 0 Å². The molecule has 1 aliphatic heterocycles. The Bertz CT molecular complexity index is 871. The Balaban J connectivity index is 1.64. The van der Waals surface area contributed by atoms with Crippen LogP contribution in [-0.4, -0.2) is 27.0 Å². The van der Waals surface area contributed by atoms with E-state index < -0.39 is 20.1 Å². The van der Waals surface area contributed by atoms with Gasteiger partial charge in [0.1, 0.15) is 11.9 Å². The van der Waals surface area contributed by atoms with Crippen LogP contribution in [0.5, 0.6) is 5.75 Å². The minimum atomic E-state index is -4.35. The summed E-state index contributed by atoms with van der Waals surface area (Å²) in [5.74, 6) is 0.437. The summed E-state index contributed by atoms with van der Waals surface area (Å²) in [7, 11) is -1.81. The van der Waals surface area contributed by atoms with Crippen molar-refractivity contribution in [2.45, 2.75) is 82.6 Å². The molecule has 0 amide bonds. The third-order valence-corrected chi connectivity index (χ3v) is 11.4. The van der Waals surface area contributed by atoms with E-state index in [1.54, 1.807) is 0 Å². The van der Waals surface area contributed by atoms with Crippen molar-refractivity contribution in [2.75, 3.05) is 6.54 Å².